The number of pyridine rings is 1. The van der Waals surface area contributed by atoms with Crippen molar-refractivity contribution in [1.82, 2.24) is 9.47 Å². The molecule has 5 rings (SSSR count). The van der Waals surface area contributed by atoms with Crippen LogP contribution in [0.2, 0.25) is 5.02 Å². The summed E-state index contributed by atoms with van der Waals surface area (Å²) in [6.07, 6.45) is 1.30. The molecule has 0 unspecified atom stereocenters. The highest BCUT2D eigenvalue weighted by Gasteiger charge is 2.31. The summed E-state index contributed by atoms with van der Waals surface area (Å²) in [5.74, 6) is -0.0548. The van der Waals surface area contributed by atoms with Crippen molar-refractivity contribution in [2.75, 3.05) is 30.3 Å². The maximum Gasteiger partial charge on any atom is 0.274 e. The second kappa shape index (κ2) is 11.7. The van der Waals surface area contributed by atoms with Crippen LogP contribution in [-0.2, 0) is 4.79 Å². The predicted molar refractivity (Wildman–Crippen MR) is 173 cm³/mol. The molecule has 1 aliphatic rings. The van der Waals surface area contributed by atoms with Crippen molar-refractivity contribution < 1.29 is 4.79 Å². The standard InChI is InChI=1S/C34H31ClN6O2/c1-6-31(42)39-13-14-40(21(4)19-39)33-26-16-27(35)25(24-12-11-22(18-36)15-28(24)37)17-30(26)41(34(43)32(33)38-5)29-10-8-7-9-23(29)20(2)3/h6-12,15-17,20-21H,1,13-14,19,37H2,2-4H3/t21-/m0/s1. The summed E-state index contributed by atoms with van der Waals surface area (Å²) in [6.45, 7) is 19.1. The first kappa shape index (κ1) is 29.4. The van der Waals surface area contributed by atoms with Crippen molar-refractivity contribution in [1.29, 1.82) is 5.26 Å². The molecule has 2 N–H and O–H groups in total. The van der Waals surface area contributed by atoms with E-state index >= 15 is 0 Å². The first-order chi connectivity index (χ1) is 20.6. The maximum absolute atomic E-state index is 14.4. The van der Waals surface area contributed by atoms with Gasteiger partial charge in [0.2, 0.25) is 5.91 Å². The minimum Gasteiger partial charge on any atom is -0.398 e. The number of aromatic nitrogens is 1. The van der Waals surface area contributed by atoms with Crippen LogP contribution in [0.15, 0.2) is 72.0 Å². The highest BCUT2D eigenvalue weighted by molar-refractivity contribution is 6.34. The molecule has 9 heteroatoms. The summed E-state index contributed by atoms with van der Waals surface area (Å²) in [5, 5.41) is 10.4. The van der Waals surface area contributed by atoms with Gasteiger partial charge in [0.15, 0.2) is 0 Å². The number of anilines is 2. The van der Waals surface area contributed by atoms with E-state index in [9.17, 15) is 14.9 Å². The number of carbonyl (C=O) groups is 1. The lowest BCUT2D eigenvalue weighted by atomic mass is 9.97. The smallest absolute Gasteiger partial charge is 0.274 e. The van der Waals surface area contributed by atoms with Crippen LogP contribution in [-0.4, -0.2) is 41.1 Å². The van der Waals surface area contributed by atoms with E-state index in [-0.39, 0.29) is 23.6 Å². The summed E-state index contributed by atoms with van der Waals surface area (Å²) in [6, 6.07) is 18.2. The lowest BCUT2D eigenvalue weighted by Crippen LogP contribution is -2.53. The van der Waals surface area contributed by atoms with E-state index in [4.69, 9.17) is 23.9 Å². The minimum atomic E-state index is -0.441. The quantitative estimate of drug-likeness (QED) is 0.159. The molecule has 4 aromatic rings. The third-order valence-electron chi connectivity index (χ3n) is 7.99. The molecule has 1 amide bonds. The topological polar surface area (TPSA) is 99.7 Å². The van der Waals surface area contributed by atoms with Gasteiger partial charge in [-0.1, -0.05) is 56.3 Å². The fourth-order valence-corrected chi connectivity index (χ4v) is 6.16. The van der Waals surface area contributed by atoms with Gasteiger partial charge in [-0.05, 0) is 54.8 Å². The third kappa shape index (κ3) is 5.11. The molecule has 3 aromatic carbocycles. The van der Waals surface area contributed by atoms with Crippen LogP contribution in [0.1, 0.15) is 37.8 Å². The molecule has 0 bridgehead atoms. The molecule has 0 spiro atoms. The fourth-order valence-electron chi connectivity index (χ4n) is 5.89. The number of benzene rings is 3. The van der Waals surface area contributed by atoms with Crippen LogP contribution in [0, 0.1) is 17.9 Å². The average molecular weight is 591 g/mol. The number of hydrogen-bond acceptors (Lipinski definition) is 5. The Hall–Kier alpha value is -5.05. The molecule has 1 aliphatic heterocycles. The van der Waals surface area contributed by atoms with Crippen molar-refractivity contribution in [2.24, 2.45) is 0 Å². The molecule has 8 nitrogen and oxygen atoms in total. The van der Waals surface area contributed by atoms with Gasteiger partial charge in [0.05, 0.1) is 35.1 Å². The SMILES string of the molecule is [C-]#[N+]c1c(N2CCN(C(=O)C=C)C[C@@H]2C)c2cc(Cl)c(-c3ccc(C#N)cc3N)cc2n(-c2ccccc2C(C)C)c1=O. The van der Waals surface area contributed by atoms with Crippen LogP contribution in [0.3, 0.4) is 0 Å². The number of nitrogens with zero attached hydrogens (tertiary/aromatic N) is 5. The molecule has 1 saturated heterocycles. The summed E-state index contributed by atoms with van der Waals surface area (Å²) in [5.41, 5.74) is 10.7. The van der Waals surface area contributed by atoms with Gasteiger partial charge in [0.25, 0.3) is 11.2 Å². The summed E-state index contributed by atoms with van der Waals surface area (Å²) >= 11 is 6.96. The van der Waals surface area contributed by atoms with Gasteiger partial charge in [0, 0.05) is 52.9 Å². The van der Waals surface area contributed by atoms with E-state index in [0.717, 1.165) is 5.56 Å². The number of nitriles is 1. The van der Waals surface area contributed by atoms with Crippen LogP contribution in [0.4, 0.5) is 17.1 Å². The molecule has 0 aliphatic carbocycles. The first-order valence-electron chi connectivity index (χ1n) is 14.0. The Balaban J connectivity index is 1.87. The number of amides is 1. The number of nitrogens with two attached hydrogens (primary N) is 1. The Kier molecular flexibility index (Phi) is 8.00. The molecule has 0 saturated carbocycles. The van der Waals surface area contributed by atoms with E-state index in [1.807, 2.05) is 42.2 Å². The van der Waals surface area contributed by atoms with Crippen molar-refractivity contribution in [2.45, 2.75) is 32.7 Å². The summed E-state index contributed by atoms with van der Waals surface area (Å²) < 4.78 is 1.60. The first-order valence-corrected chi connectivity index (χ1v) is 14.4. The van der Waals surface area contributed by atoms with E-state index in [0.29, 0.717) is 69.3 Å². The van der Waals surface area contributed by atoms with E-state index < -0.39 is 5.56 Å². The third-order valence-corrected chi connectivity index (χ3v) is 8.31. The molecular formula is C34H31ClN6O2. The number of halogens is 1. The highest BCUT2D eigenvalue weighted by Crippen LogP contribution is 2.43. The lowest BCUT2D eigenvalue weighted by Gasteiger charge is -2.42. The Morgan fingerprint density at radius 2 is 1.93 bits per heavy atom. The van der Waals surface area contributed by atoms with E-state index in [1.54, 1.807) is 33.7 Å². The van der Waals surface area contributed by atoms with Crippen LogP contribution < -0.4 is 16.2 Å². The Bertz CT molecular complexity index is 1930. The second-order valence-electron chi connectivity index (χ2n) is 11.0. The van der Waals surface area contributed by atoms with Crippen LogP contribution in [0.5, 0.6) is 0 Å². The van der Waals surface area contributed by atoms with Crippen molar-refractivity contribution in [3.05, 3.63) is 105 Å². The van der Waals surface area contributed by atoms with Gasteiger partial charge in [-0.2, -0.15) is 5.26 Å². The van der Waals surface area contributed by atoms with E-state index in [2.05, 4.69) is 31.3 Å². The van der Waals surface area contributed by atoms with Gasteiger partial charge < -0.3 is 15.5 Å². The number of fused-ring (bicyclic) bond motifs is 1. The molecule has 1 aromatic heterocycles. The van der Waals surface area contributed by atoms with Crippen LogP contribution in [0.25, 0.3) is 32.6 Å². The fraction of sp³-hybridized carbons (Fsp3) is 0.235. The number of piperazine rings is 1. The molecule has 1 atom stereocenters. The predicted octanol–water partition coefficient (Wildman–Crippen LogP) is 6.66. The summed E-state index contributed by atoms with van der Waals surface area (Å²) in [7, 11) is 0. The zero-order valence-electron chi connectivity index (χ0n) is 24.3. The minimum absolute atomic E-state index is 0.0110. The highest BCUT2D eigenvalue weighted by atomic mass is 35.5. The summed E-state index contributed by atoms with van der Waals surface area (Å²) in [4.78, 5) is 34.3. The number of carbonyl (C=O) groups excluding carboxylic acids is 1. The van der Waals surface area contributed by atoms with Crippen molar-refractivity contribution >= 4 is 45.5 Å². The van der Waals surface area contributed by atoms with E-state index in [1.165, 1.54) is 6.08 Å². The molecule has 0 radical (unpaired) electrons. The molecule has 43 heavy (non-hydrogen) atoms. The molecule has 2 heterocycles. The normalized spacial score (nSPS) is 14.9. The monoisotopic (exact) mass is 590 g/mol. The molecular weight excluding hydrogens is 560 g/mol. The van der Waals surface area contributed by atoms with Crippen molar-refractivity contribution in [3.8, 4) is 22.9 Å². The Morgan fingerprint density at radius 1 is 1.19 bits per heavy atom. The second-order valence-corrected chi connectivity index (χ2v) is 11.4. The maximum atomic E-state index is 14.4. The Labute approximate surface area is 255 Å². The lowest BCUT2D eigenvalue weighted by molar-refractivity contribution is -0.126. The zero-order valence-corrected chi connectivity index (χ0v) is 25.0. The zero-order chi connectivity index (χ0) is 31.0. The average Bonchev–Trinajstić information content (AvgIpc) is 3.00. The number of hydrogen-bond donors (Lipinski definition) is 1. The number of para-hydroxylation sites is 1. The Morgan fingerprint density at radius 3 is 2.56 bits per heavy atom. The van der Waals surface area contributed by atoms with Gasteiger partial charge in [-0.25, -0.2) is 4.85 Å². The molecule has 216 valence electrons. The van der Waals surface area contributed by atoms with Gasteiger partial charge >= 0.3 is 0 Å². The largest absolute Gasteiger partial charge is 0.398 e. The van der Waals surface area contributed by atoms with Gasteiger partial charge in [0.1, 0.15) is 0 Å². The van der Waals surface area contributed by atoms with Gasteiger partial charge in [-0.15, -0.1) is 0 Å². The van der Waals surface area contributed by atoms with Crippen LogP contribution >= 0.6 is 11.6 Å². The number of rotatable bonds is 5. The molecule has 1 fully saturated rings. The van der Waals surface area contributed by atoms with Crippen molar-refractivity contribution in [3.63, 3.8) is 0 Å². The van der Waals surface area contributed by atoms with Gasteiger partial charge in [-0.3, -0.25) is 14.2 Å². The number of nitrogen functional groups attached to an aromatic ring is 1.